The van der Waals surface area contributed by atoms with Gasteiger partial charge in [-0.3, -0.25) is 4.79 Å². The van der Waals surface area contributed by atoms with Crippen LogP contribution < -0.4 is 0 Å². The Morgan fingerprint density at radius 3 is 2.42 bits per heavy atom. The fourth-order valence-electron chi connectivity index (χ4n) is 2.09. The number of nitrogens with zero attached hydrogens (tertiary/aromatic N) is 1. The average Bonchev–Trinajstić information content (AvgIpc) is 2.44. The lowest BCUT2D eigenvalue weighted by atomic mass is 10.0. The van der Waals surface area contributed by atoms with Crippen molar-refractivity contribution in [2.45, 2.75) is 46.5 Å². The van der Waals surface area contributed by atoms with Gasteiger partial charge in [-0.15, -0.1) is 0 Å². The van der Waals surface area contributed by atoms with Crippen molar-refractivity contribution < 1.29 is 4.79 Å². The SMILES string of the molecule is CCCN(CCC(C)CC)C(=O)Cc1ccccc1. The zero-order valence-electron chi connectivity index (χ0n) is 12.6. The second kappa shape index (κ2) is 8.73. The predicted molar refractivity (Wildman–Crippen MR) is 81.1 cm³/mol. The first-order chi connectivity index (χ1) is 9.17. The number of rotatable bonds is 8. The van der Waals surface area contributed by atoms with Gasteiger partial charge in [0, 0.05) is 13.1 Å². The van der Waals surface area contributed by atoms with Gasteiger partial charge in [-0.25, -0.2) is 0 Å². The molecule has 0 aliphatic heterocycles. The molecule has 0 aromatic heterocycles. The number of benzene rings is 1. The molecule has 1 aromatic rings. The minimum atomic E-state index is 0.261. The first-order valence-electron chi connectivity index (χ1n) is 7.49. The standard InChI is InChI=1S/C17H27NO/c1-4-12-18(13-11-15(3)5-2)17(19)14-16-9-7-6-8-10-16/h6-10,15H,4-5,11-14H2,1-3H3. The van der Waals surface area contributed by atoms with E-state index in [4.69, 9.17) is 0 Å². The molecular weight excluding hydrogens is 234 g/mol. The van der Waals surface area contributed by atoms with Crippen LogP contribution in [0, 0.1) is 5.92 Å². The van der Waals surface area contributed by atoms with E-state index in [1.165, 1.54) is 6.42 Å². The van der Waals surface area contributed by atoms with Crippen molar-refractivity contribution in [3.63, 3.8) is 0 Å². The second-order valence-corrected chi connectivity index (χ2v) is 5.35. The van der Waals surface area contributed by atoms with E-state index in [1.807, 2.05) is 35.2 Å². The molecule has 2 heteroatoms. The topological polar surface area (TPSA) is 20.3 Å². The summed E-state index contributed by atoms with van der Waals surface area (Å²) in [5.41, 5.74) is 1.11. The van der Waals surface area contributed by atoms with Crippen LogP contribution >= 0.6 is 0 Å². The smallest absolute Gasteiger partial charge is 0.226 e. The summed E-state index contributed by atoms with van der Waals surface area (Å²) in [6.45, 7) is 8.37. The Hall–Kier alpha value is -1.31. The van der Waals surface area contributed by atoms with Gasteiger partial charge in [0.2, 0.25) is 5.91 Å². The van der Waals surface area contributed by atoms with Crippen molar-refractivity contribution in [2.24, 2.45) is 5.92 Å². The van der Waals surface area contributed by atoms with Gasteiger partial charge < -0.3 is 4.90 Å². The fraction of sp³-hybridized carbons (Fsp3) is 0.588. The largest absolute Gasteiger partial charge is 0.342 e. The van der Waals surface area contributed by atoms with E-state index in [0.29, 0.717) is 12.3 Å². The Morgan fingerprint density at radius 2 is 1.84 bits per heavy atom. The van der Waals surface area contributed by atoms with Crippen molar-refractivity contribution in [1.82, 2.24) is 4.90 Å². The summed E-state index contributed by atoms with van der Waals surface area (Å²) in [5, 5.41) is 0. The molecule has 0 heterocycles. The maximum atomic E-state index is 12.3. The van der Waals surface area contributed by atoms with Gasteiger partial charge in [-0.05, 0) is 24.3 Å². The molecular formula is C17H27NO. The molecule has 1 atom stereocenters. The maximum Gasteiger partial charge on any atom is 0.226 e. The molecule has 0 fully saturated rings. The van der Waals surface area contributed by atoms with Crippen molar-refractivity contribution in [1.29, 1.82) is 0 Å². The quantitative estimate of drug-likeness (QED) is 0.695. The summed E-state index contributed by atoms with van der Waals surface area (Å²) in [4.78, 5) is 14.4. The third-order valence-corrected chi connectivity index (χ3v) is 3.63. The van der Waals surface area contributed by atoms with E-state index in [9.17, 15) is 4.79 Å². The monoisotopic (exact) mass is 261 g/mol. The van der Waals surface area contributed by atoms with E-state index in [0.717, 1.165) is 31.5 Å². The van der Waals surface area contributed by atoms with Crippen LogP contribution in [-0.4, -0.2) is 23.9 Å². The van der Waals surface area contributed by atoms with Crippen LogP contribution in [0.2, 0.25) is 0 Å². The Labute approximate surface area is 117 Å². The lowest BCUT2D eigenvalue weighted by Crippen LogP contribution is -2.34. The predicted octanol–water partition coefficient (Wildman–Crippen LogP) is 3.90. The van der Waals surface area contributed by atoms with Crippen molar-refractivity contribution in [3.05, 3.63) is 35.9 Å². The van der Waals surface area contributed by atoms with Gasteiger partial charge in [0.1, 0.15) is 0 Å². The van der Waals surface area contributed by atoms with Crippen LogP contribution in [0.1, 0.15) is 45.6 Å². The average molecular weight is 261 g/mol. The van der Waals surface area contributed by atoms with Crippen molar-refractivity contribution in [3.8, 4) is 0 Å². The lowest BCUT2D eigenvalue weighted by molar-refractivity contribution is -0.130. The van der Waals surface area contributed by atoms with Crippen LogP contribution in [0.5, 0.6) is 0 Å². The first-order valence-corrected chi connectivity index (χ1v) is 7.49. The third-order valence-electron chi connectivity index (χ3n) is 3.63. The molecule has 0 spiro atoms. The minimum Gasteiger partial charge on any atom is -0.342 e. The molecule has 0 radical (unpaired) electrons. The van der Waals surface area contributed by atoms with Crippen LogP contribution in [0.4, 0.5) is 0 Å². The van der Waals surface area contributed by atoms with E-state index >= 15 is 0 Å². The molecule has 0 aliphatic rings. The van der Waals surface area contributed by atoms with E-state index in [2.05, 4.69) is 20.8 Å². The van der Waals surface area contributed by atoms with Gasteiger partial charge in [-0.2, -0.15) is 0 Å². The van der Waals surface area contributed by atoms with Crippen molar-refractivity contribution in [2.75, 3.05) is 13.1 Å². The molecule has 106 valence electrons. The molecule has 1 unspecified atom stereocenters. The fourth-order valence-corrected chi connectivity index (χ4v) is 2.09. The zero-order chi connectivity index (χ0) is 14.1. The number of amides is 1. The van der Waals surface area contributed by atoms with Crippen LogP contribution in [-0.2, 0) is 11.2 Å². The Balaban J connectivity index is 2.52. The molecule has 0 bridgehead atoms. The van der Waals surface area contributed by atoms with E-state index in [-0.39, 0.29) is 5.91 Å². The van der Waals surface area contributed by atoms with Gasteiger partial charge in [0.05, 0.1) is 6.42 Å². The second-order valence-electron chi connectivity index (χ2n) is 5.35. The van der Waals surface area contributed by atoms with E-state index in [1.54, 1.807) is 0 Å². The number of carbonyl (C=O) groups is 1. The first kappa shape index (κ1) is 15.7. The minimum absolute atomic E-state index is 0.261. The Morgan fingerprint density at radius 1 is 1.16 bits per heavy atom. The Kier molecular flexibility index (Phi) is 7.24. The van der Waals surface area contributed by atoms with E-state index < -0.39 is 0 Å². The molecule has 1 amide bonds. The van der Waals surface area contributed by atoms with Gasteiger partial charge in [-0.1, -0.05) is 57.5 Å². The molecule has 0 saturated heterocycles. The highest BCUT2D eigenvalue weighted by Crippen LogP contribution is 2.10. The summed E-state index contributed by atoms with van der Waals surface area (Å²) >= 11 is 0. The van der Waals surface area contributed by atoms with Gasteiger partial charge in [0.15, 0.2) is 0 Å². The highest BCUT2D eigenvalue weighted by Gasteiger charge is 2.13. The number of hydrogen-bond donors (Lipinski definition) is 0. The molecule has 2 nitrogen and oxygen atoms in total. The third kappa shape index (κ3) is 5.91. The number of hydrogen-bond acceptors (Lipinski definition) is 1. The highest BCUT2D eigenvalue weighted by atomic mass is 16.2. The molecule has 1 aromatic carbocycles. The maximum absolute atomic E-state index is 12.3. The normalized spacial score (nSPS) is 12.2. The molecule has 19 heavy (non-hydrogen) atoms. The molecule has 1 rings (SSSR count). The summed E-state index contributed by atoms with van der Waals surface area (Å²) in [5.74, 6) is 0.959. The molecule has 0 N–H and O–H groups in total. The summed E-state index contributed by atoms with van der Waals surface area (Å²) in [7, 11) is 0. The molecule has 0 aliphatic carbocycles. The van der Waals surface area contributed by atoms with Crippen LogP contribution in [0.25, 0.3) is 0 Å². The van der Waals surface area contributed by atoms with Gasteiger partial charge >= 0.3 is 0 Å². The molecule has 0 saturated carbocycles. The highest BCUT2D eigenvalue weighted by molar-refractivity contribution is 5.78. The van der Waals surface area contributed by atoms with Crippen LogP contribution in [0.15, 0.2) is 30.3 Å². The Bertz CT molecular complexity index is 361. The summed E-state index contributed by atoms with van der Waals surface area (Å²) < 4.78 is 0. The van der Waals surface area contributed by atoms with Crippen molar-refractivity contribution >= 4 is 5.91 Å². The van der Waals surface area contributed by atoms with Gasteiger partial charge in [0.25, 0.3) is 0 Å². The number of carbonyl (C=O) groups excluding carboxylic acids is 1. The lowest BCUT2D eigenvalue weighted by Gasteiger charge is -2.23. The zero-order valence-corrected chi connectivity index (χ0v) is 12.6. The van der Waals surface area contributed by atoms with Crippen LogP contribution in [0.3, 0.4) is 0 Å². The summed E-state index contributed by atoms with van der Waals surface area (Å²) in [6, 6.07) is 10.0. The summed E-state index contributed by atoms with van der Waals surface area (Å²) in [6.07, 6.45) is 3.85.